The van der Waals surface area contributed by atoms with Crippen molar-refractivity contribution in [3.63, 3.8) is 0 Å². The van der Waals surface area contributed by atoms with E-state index in [0.717, 1.165) is 12.8 Å². The van der Waals surface area contributed by atoms with E-state index in [0.29, 0.717) is 23.3 Å². The van der Waals surface area contributed by atoms with Gasteiger partial charge in [0, 0.05) is 31.5 Å². The average molecular weight is 235 g/mol. The second kappa shape index (κ2) is 4.38. The Labute approximate surface area is 105 Å². The van der Waals surface area contributed by atoms with Gasteiger partial charge in [-0.3, -0.25) is 9.69 Å². The Hall–Kier alpha value is -0.370. The lowest BCUT2D eigenvalue weighted by molar-refractivity contribution is -0.127. The van der Waals surface area contributed by atoms with E-state index in [1.54, 1.807) is 0 Å². The molecule has 0 aromatic heterocycles. The van der Waals surface area contributed by atoms with Crippen LogP contribution in [0.2, 0.25) is 0 Å². The molecule has 2 bridgehead atoms. The van der Waals surface area contributed by atoms with Crippen LogP contribution in [0.3, 0.4) is 0 Å². The summed E-state index contributed by atoms with van der Waals surface area (Å²) in [6.45, 7) is 3.60. The molecule has 0 N–H and O–H groups in total. The number of rotatable bonds is 4. The number of carbonyl (C=O) groups excluding carboxylic acids is 1. The fourth-order valence-electron chi connectivity index (χ4n) is 4.11. The maximum Gasteiger partial charge on any atom is 0.136 e. The summed E-state index contributed by atoms with van der Waals surface area (Å²) in [5.74, 6) is 0.524. The molecular weight excluding hydrogens is 210 g/mol. The summed E-state index contributed by atoms with van der Waals surface area (Å²) in [6.07, 6.45) is 11.2. The van der Waals surface area contributed by atoms with Gasteiger partial charge in [0.25, 0.3) is 0 Å². The summed E-state index contributed by atoms with van der Waals surface area (Å²) in [4.78, 5) is 14.4. The highest BCUT2D eigenvalue weighted by atomic mass is 16.1. The third-order valence-electron chi connectivity index (χ3n) is 5.19. The molecule has 2 heteroatoms. The van der Waals surface area contributed by atoms with Gasteiger partial charge in [0.05, 0.1) is 0 Å². The minimum atomic E-state index is 0.524. The van der Waals surface area contributed by atoms with E-state index in [2.05, 4.69) is 11.8 Å². The van der Waals surface area contributed by atoms with E-state index in [4.69, 9.17) is 0 Å². The number of carbonyl (C=O) groups is 1. The summed E-state index contributed by atoms with van der Waals surface area (Å²) >= 11 is 0. The molecule has 3 rings (SSSR count). The SMILES string of the molecule is CCCC1(CN2C3CCCC2CC(=O)C3)CC1. The molecule has 2 atom stereocenters. The van der Waals surface area contributed by atoms with Gasteiger partial charge in [0.1, 0.15) is 5.78 Å². The highest BCUT2D eigenvalue weighted by Gasteiger charge is 2.47. The van der Waals surface area contributed by atoms with Crippen LogP contribution in [-0.4, -0.2) is 29.3 Å². The third kappa shape index (κ3) is 2.29. The Bertz CT molecular complexity index is 292. The van der Waals surface area contributed by atoms with Crippen molar-refractivity contribution >= 4 is 5.78 Å². The van der Waals surface area contributed by atoms with E-state index in [1.165, 1.54) is 51.5 Å². The smallest absolute Gasteiger partial charge is 0.136 e. The van der Waals surface area contributed by atoms with Crippen molar-refractivity contribution in [2.45, 2.75) is 76.8 Å². The molecule has 2 aliphatic heterocycles. The van der Waals surface area contributed by atoms with Crippen LogP contribution in [0.25, 0.3) is 0 Å². The minimum Gasteiger partial charge on any atom is -0.300 e. The number of ketones is 1. The number of hydrogen-bond acceptors (Lipinski definition) is 2. The van der Waals surface area contributed by atoms with E-state index in [-0.39, 0.29) is 0 Å². The van der Waals surface area contributed by atoms with Crippen LogP contribution in [0.15, 0.2) is 0 Å². The molecule has 1 saturated carbocycles. The standard InChI is InChI=1S/C15H25NO/c1-2-6-15(7-8-15)11-16-12-4-3-5-13(16)10-14(17)9-12/h12-13H,2-11H2,1H3. The van der Waals surface area contributed by atoms with Gasteiger partial charge in [-0.1, -0.05) is 19.8 Å². The number of fused-ring (bicyclic) bond motifs is 2. The van der Waals surface area contributed by atoms with Crippen molar-refractivity contribution in [1.29, 1.82) is 0 Å². The molecular formula is C15H25NO. The lowest BCUT2D eigenvalue weighted by Crippen LogP contribution is -2.54. The van der Waals surface area contributed by atoms with Crippen LogP contribution in [0, 0.1) is 5.41 Å². The number of Topliss-reactive ketones (excluding diaryl/α,β-unsaturated/α-hetero) is 1. The van der Waals surface area contributed by atoms with Crippen LogP contribution in [-0.2, 0) is 4.79 Å². The maximum atomic E-state index is 11.7. The third-order valence-corrected chi connectivity index (χ3v) is 5.19. The van der Waals surface area contributed by atoms with Crippen LogP contribution in [0.5, 0.6) is 0 Å². The van der Waals surface area contributed by atoms with Crippen LogP contribution < -0.4 is 0 Å². The Morgan fingerprint density at radius 3 is 2.41 bits per heavy atom. The van der Waals surface area contributed by atoms with Gasteiger partial charge in [-0.05, 0) is 37.5 Å². The van der Waals surface area contributed by atoms with Crippen molar-refractivity contribution < 1.29 is 4.79 Å². The number of piperidine rings is 2. The van der Waals surface area contributed by atoms with Crippen molar-refractivity contribution in [1.82, 2.24) is 4.90 Å². The molecule has 2 nitrogen and oxygen atoms in total. The van der Waals surface area contributed by atoms with E-state index in [1.807, 2.05) is 0 Å². The number of hydrogen-bond donors (Lipinski definition) is 0. The van der Waals surface area contributed by atoms with E-state index >= 15 is 0 Å². The molecule has 2 saturated heterocycles. The van der Waals surface area contributed by atoms with Gasteiger partial charge >= 0.3 is 0 Å². The van der Waals surface area contributed by atoms with Gasteiger partial charge in [-0.25, -0.2) is 0 Å². The first-order valence-electron chi connectivity index (χ1n) is 7.50. The normalized spacial score (nSPS) is 35.9. The topological polar surface area (TPSA) is 20.3 Å². The zero-order valence-electron chi connectivity index (χ0n) is 11.1. The zero-order chi connectivity index (χ0) is 11.9. The second-order valence-corrected chi connectivity index (χ2v) is 6.61. The first-order chi connectivity index (χ1) is 8.22. The number of nitrogens with zero attached hydrogens (tertiary/aromatic N) is 1. The second-order valence-electron chi connectivity index (χ2n) is 6.61. The van der Waals surface area contributed by atoms with E-state index < -0.39 is 0 Å². The largest absolute Gasteiger partial charge is 0.300 e. The van der Waals surface area contributed by atoms with Crippen molar-refractivity contribution in [2.75, 3.05) is 6.54 Å². The first-order valence-corrected chi connectivity index (χ1v) is 7.50. The molecule has 96 valence electrons. The molecule has 0 spiro atoms. The molecule has 0 amide bonds. The monoisotopic (exact) mass is 235 g/mol. The van der Waals surface area contributed by atoms with Crippen molar-refractivity contribution in [3.8, 4) is 0 Å². The highest BCUT2D eigenvalue weighted by Crippen LogP contribution is 2.51. The molecule has 0 aromatic rings. The Morgan fingerprint density at radius 1 is 1.24 bits per heavy atom. The Morgan fingerprint density at radius 2 is 1.88 bits per heavy atom. The predicted octanol–water partition coefficient (Wildman–Crippen LogP) is 3.15. The average Bonchev–Trinajstić information content (AvgIpc) is 3.00. The quantitative estimate of drug-likeness (QED) is 0.746. The van der Waals surface area contributed by atoms with Gasteiger partial charge in [-0.2, -0.15) is 0 Å². The predicted molar refractivity (Wildman–Crippen MR) is 68.9 cm³/mol. The minimum absolute atomic E-state index is 0.524. The van der Waals surface area contributed by atoms with Crippen molar-refractivity contribution in [3.05, 3.63) is 0 Å². The molecule has 17 heavy (non-hydrogen) atoms. The summed E-state index contributed by atoms with van der Waals surface area (Å²) in [6, 6.07) is 1.20. The molecule has 3 fully saturated rings. The molecule has 1 aliphatic carbocycles. The molecule has 0 radical (unpaired) electrons. The summed E-state index contributed by atoms with van der Waals surface area (Å²) < 4.78 is 0. The van der Waals surface area contributed by atoms with E-state index in [9.17, 15) is 4.79 Å². The fourth-order valence-corrected chi connectivity index (χ4v) is 4.11. The molecule has 2 unspecified atom stereocenters. The van der Waals surface area contributed by atoms with Gasteiger partial charge in [-0.15, -0.1) is 0 Å². The summed E-state index contributed by atoms with van der Waals surface area (Å²) in [5.41, 5.74) is 0.656. The Kier molecular flexibility index (Phi) is 3.02. The molecule has 2 heterocycles. The van der Waals surface area contributed by atoms with Crippen molar-refractivity contribution in [2.24, 2.45) is 5.41 Å². The maximum absolute atomic E-state index is 11.7. The highest BCUT2D eigenvalue weighted by molar-refractivity contribution is 5.80. The summed E-state index contributed by atoms with van der Waals surface area (Å²) in [5, 5.41) is 0. The van der Waals surface area contributed by atoms with Crippen LogP contribution >= 0.6 is 0 Å². The summed E-state index contributed by atoms with van der Waals surface area (Å²) in [7, 11) is 0. The van der Waals surface area contributed by atoms with Gasteiger partial charge in [0.2, 0.25) is 0 Å². The van der Waals surface area contributed by atoms with Gasteiger partial charge in [0.15, 0.2) is 0 Å². The molecule has 3 aliphatic rings. The van der Waals surface area contributed by atoms with Crippen LogP contribution in [0.1, 0.15) is 64.7 Å². The van der Waals surface area contributed by atoms with Gasteiger partial charge < -0.3 is 0 Å². The molecule has 0 aromatic carbocycles. The Balaban J connectivity index is 1.68. The fraction of sp³-hybridized carbons (Fsp3) is 0.933. The van der Waals surface area contributed by atoms with Crippen LogP contribution in [0.4, 0.5) is 0 Å². The first kappa shape index (κ1) is 11.7. The zero-order valence-corrected chi connectivity index (χ0v) is 11.1. The lowest BCUT2D eigenvalue weighted by atomic mass is 9.82. The lowest BCUT2D eigenvalue weighted by Gasteiger charge is -2.47.